The third-order valence-corrected chi connectivity index (χ3v) is 8.58. The summed E-state index contributed by atoms with van der Waals surface area (Å²) in [6, 6.07) is 23.9. The van der Waals surface area contributed by atoms with Gasteiger partial charge in [-0.05, 0) is 98.1 Å². The third kappa shape index (κ3) is 9.97. The van der Waals surface area contributed by atoms with E-state index < -0.39 is 24.4 Å². The van der Waals surface area contributed by atoms with Crippen LogP contribution in [-0.4, -0.2) is 41.8 Å². The zero-order valence-electron chi connectivity index (χ0n) is 30.3. The van der Waals surface area contributed by atoms with Crippen molar-refractivity contribution >= 4 is 0 Å². The van der Waals surface area contributed by atoms with Crippen molar-refractivity contribution in [3.63, 3.8) is 0 Å². The number of rotatable bonds is 14. The van der Waals surface area contributed by atoms with Crippen molar-refractivity contribution in [3.8, 4) is 5.75 Å². The molecule has 0 saturated carbocycles. The first-order valence-electron chi connectivity index (χ1n) is 17.5. The molecule has 4 heterocycles. The Morgan fingerprint density at radius 2 is 1.04 bits per heavy atom. The lowest BCUT2D eigenvalue weighted by Gasteiger charge is -2.18. The van der Waals surface area contributed by atoms with Crippen molar-refractivity contribution in [1.29, 1.82) is 0 Å². The quantitative estimate of drug-likeness (QED) is 0.0570. The predicted molar refractivity (Wildman–Crippen MR) is 199 cm³/mol. The molecule has 3 atom stereocenters. The minimum atomic E-state index is -1.43. The second-order valence-electron chi connectivity index (χ2n) is 12.7. The lowest BCUT2D eigenvalue weighted by atomic mass is 9.94. The van der Waals surface area contributed by atoms with E-state index in [1.54, 1.807) is 36.4 Å². The number of aliphatic hydroxyl groups excluding tert-OH is 6. The summed E-state index contributed by atoms with van der Waals surface area (Å²) in [5.41, 5.74) is 2.30. The van der Waals surface area contributed by atoms with Gasteiger partial charge in [0.2, 0.25) is 0 Å². The Balaban J connectivity index is 0.000000631. The van der Waals surface area contributed by atoms with E-state index in [-0.39, 0.29) is 59.6 Å². The summed E-state index contributed by atoms with van der Waals surface area (Å²) in [7, 11) is 0. The number of hydrogen-bond acceptors (Lipinski definition) is 11. The number of allylic oxidation sites excluding steroid dienone is 2. The SMILES string of the molecule is C/C=C/C(O)/C=C/C.Cc1ccc(Cc2cccc(C(O)c3ccc(Cc4cc(C(O)c5ccc(CO)o5)c(O)c(C(O)c5ccc(CO)o5)c4)o3)c2)o1. The van der Waals surface area contributed by atoms with Crippen molar-refractivity contribution < 1.29 is 53.4 Å². The Morgan fingerprint density at radius 3 is 1.54 bits per heavy atom. The van der Waals surface area contributed by atoms with Crippen LogP contribution >= 0.6 is 0 Å². The number of phenolic OH excluding ortho intramolecular Hbond substituents is 1. The highest BCUT2D eigenvalue weighted by atomic mass is 16.4. The topological polar surface area (TPSA) is 194 Å². The molecule has 0 amide bonds. The second kappa shape index (κ2) is 18.6. The molecule has 2 aromatic carbocycles. The molecule has 0 radical (unpaired) electrons. The Bertz CT molecular complexity index is 2060. The highest BCUT2D eigenvalue weighted by Gasteiger charge is 2.27. The van der Waals surface area contributed by atoms with E-state index in [9.17, 15) is 30.6 Å². The van der Waals surface area contributed by atoms with Gasteiger partial charge >= 0.3 is 0 Å². The van der Waals surface area contributed by atoms with E-state index in [1.165, 1.54) is 24.3 Å². The molecule has 11 heteroatoms. The average molecular weight is 739 g/mol. The normalized spacial score (nSPS) is 13.4. The number of furan rings is 4. The van der Waals surface area contributed by atoms with Gasteiger partial charge in [-0.25, -0.2) is 0 Å². The minimum Gasteiger partial charge on any atom is -0.507 e. The fourth-order valence-electron chi connectivity index (χ4n) is 5.94. The van der Waals surface area contributed by atoms with Gasteiger partial charge in [0.15, 0.2) is 0 Å². The zero-order chi connectivity index (χ0) is 38.8. The van der Waals surface area contributed by atoms with Crippen LogP contribution in [0.25, 0.3) is 0 Å². The van der Waals surface area contributed by atoms with Crippen LogP contribution in [0.5, 0.6) is 5.75 Å². The number of benzene rings is 2. The van der Waals surface area contributed by atoms with Crippen molar-refractivity contribution in [2.75, 3.05) is 0 Å². The second-order valence-corrected chi connectivity index (χ2v) is 12.7. The standard InChI is InChI=1S/C36H34O10.C7H12O/c1-20-5-6-24(43-20)14-21-3-2-4-23(13-21)33(39)30-10-7-25(44-30)15-22-16-28(35(41)31-11-8-26(18-37)45-31)34(40)29(17-22)36(42)32-12-9-27(19-38)46-32;1-3-5-7(8)6-4-2/h2-13,16-17,33,35-42H,14-15,18-19H2,1H3;3-8H,1-2H3/b;5-3+,6-4+. The van der Waals surface area contributed by atoms with Crippen LogP contribution in [0.4, 0.5) is 0 Å². The van der Waals surface area contributed by atoms with E-state index in [2.05, 4.69) is 0 Å². The lowest BCUT2D eigenvalue weighted by Crippen LogP contribution is -2.06. The van der Waals surface area contributed by atoms with Gasteiger partial charge in [0.05, 0.1) is 6.10 Å². The van der Waals surface area contributed by atoms with Crippen LogP contribution in [0.15, 0.2) is 127 Å². The van der Waals surface area contributed by atoms with E-state index in [0.717, 1.165) is 17.1 Å². The van der Waals surface area contributed by atoms with Crippen molar-refractivity contribution in [1.82, 2.24) is 0 Å². The maximum Gasteiger partial charge on any atom is 0.140 e. The van der Waals surface area contributed by atoms with Gasteiger partial charge in [-0.15, -0.1) is 0 Å². The van der Waals surface area contributed by atoms with Gasteiger partial charge in [0, 0.05) is 24.0 Å². The van der Waals surface area contributed by atoms with Crippen LogP contribution in [0.1, 0.15) is 106 Å². The van der Waals surface area contributed by atoms with Crippen LogP contribution in [0.3, 0.4) is 0 Å². The molecule has 7 N–H and O–H groups in total. The van der Waals surface area contributed by atoms with Crippen LogP contribution < -0.4 is 0 Å². The third-order valence-electron chi connectivity index (χ3n) is 8.58. The smallest absolute Gasteiger partial charge is 0.140 e. The van der Waals surface area contributed by atoms with Gasteiger partial charge in [0.25, 0.3) is 0 Å². The summed E-state index contributed by atoms with van der Waals surface area (Å²) < 4.78 is 22.8. The zero-order valence-corrected chi connectivity index (χ0v) is 30.3. The molecule has 284 valence electrons. The molecule has 0 fully saturated rings. The summed E-state index contributed by atoms with van der Waals surface area (Å²) in [4.78, 5) is 0. The van der Waals surface area contributed by atoms with Crippen molar-refractivity contribution in [2.24, 2.45) is 0 Å². The van der Waals surface area contributed by atoms with Crippen molar-refractivity contribution in [2.45, 2.75) is 71.2 Å². The van der Waals surface area contributed by atoms with Gasteiger partial charge in [0.1, 0.15) is 83.4 Å². The van der Waals surface area contributed by atoms with E-state index in [1.807, 2.05) is 69.3 Å². The molecule has 0 aliphatic carbocycles. The minimum absolute atomic E-state index is 0.0507. The summed E-state index contributed by atoms with van der Waals surface area (Å²) in [6.07, 6.45) is 3.58. The molecular weight excluding hydrogens is 692 g/mol. The summed E-state index contributed by atoms with van der Waals surface area (Å²) in [6.45, 7) is 4.92. The highest BCUT2D eigenvalue weighted by molar-refractivity contribution is 5.50. The maximum absolute atomic E-state index is 11.2. The monoisotopic (exact) mass is 738 g/mol. The van der Waals surface area contributed by atoms with Crippen LogP contribution in [0, 0.1) is 6.92 Å². The summed E-state index contributed by atoms with van der Waals surface area (Å²) in [5, 5.41) is 72.4. The van der Waals surface area contributed by atoms with Crippen molar-refractivity contribution in [3.05, 3.63) is 183 Å². The lowest BCUT2D eigenvalue weighted by molar-refractivity contribution is 0.165. The Morgan fingerprint density at radius 1 is 0.556 bits per heavy atom. The average Bonchev–Trinajstić information content (AvgIpc) is 4.00. The van der Waals surface area contributed by atoms with E-state index in [4.69, 9.17) is 22.8 Å². The number of aliphatic hydroxyl groups is 6. The Kier molecular flexibility index (Phi) is 13.7. The molecule has 54 heavy (non-hydrogen) atoms. The molecule has 6 aromatic rings. The molecule has 0 saturated heterocycles. The molecule has 0 aliphatic rings. The van der Waals surface area contributed by atoms with Crippen LogP contribution in [0.2, 0.25) is 0 Å². The Labute approximate surface area is 313 Å². The fraction of sp³-hybridized carbons (Fsp3) is 0.256. The van der Waals surface area contributed by atoms with Gasteiger partial charge in [-0.3, -0.25) is 0 Å². The highest BCUT2D eigenvalue weighted by Crippen LogP contribution is 2.40. The fourth-order valence-corrected chi connectivity index (χ4v) is 5.94. The molecule has 6 rings (SSSR count). The largest absolute Gasteiger partial charge is 0.507 e. The van der Waals surface area contributed by atoms with E-state index >= 15 is 0 Å². The first-order valence-corrected chi connectivity index (χ1v) is 17.5. The molecule has 0 bridgehead atoms. The molecule has 3 unspecified atom stereocenters. The van der Waals surface area contributed by atoms with Gasteiger partial charge in [-0.2, -0.15) is 0 Å². The predicted octanol–water partition coefficient (Wildman–Crippen LogP) is 6.98. The number of hydrogen-bond donors (Lipinski definition) is 7. The first-order chi connectivity index (χ1) is 26.0. The van der Waals surface area contributed by atoms with Gasteiger partial charge in [-0.1, -0.05) is 48.6 Å². The summed E-state index contributed by atoms with van der Waals surface area (Å²) in [5.74, 6) is 2.75. The molecule has 0 aliphatic heterocycles. The number of phenols is 1. The Hall–Kier alpha value is -5.40. The van der Waals surface area contributed by atoms with Gasteiger partial charge < -0.3 is 53.4 Å². The first kappa shape index (κ1) is 39.8. The summed E-state index contributed by atoms with van der Waals surface area (Å²) >= 11 is 0. The number of aryl methyl sites for hydroxylation is 1. The molecule has 4 aromatic heterocycles. The molecule has 0 spiro atoms. The number of aromatic hydroxyl groups is 1. The molecular formula is C43H46O11. The molecule has 11 nitrogen and oxygen atoms in total. The van der Waals surface area contributed by atoms with E-state index in [0.29, 0.717) is 29.1 Å². The maximum atomic E-state index is 11.2. The van der Waals surface area contributed by atoms with Crippen LogP contribution in [-0.2, 0) is 26.1 Å².